The van der Waals surface area contributed by atoms with Crippen molar-refractivity contribution in [3.05, 3.63) is 39.7 Å². The molecule has 0 radical (unpaired) electrons. The van der Waals surface area contributed by atoms with Crippen LogP contribution in [0.15, 0.2) is 23.5 Å². The molecule has 2 aliphatic heterocycles. The topological polar surface area (TPSA) is 96.8 Å². The number of carbonyl (C=O) groups excluding carboxylic acids is 1. The minimum atomic E-state index is -2.82. The third kappa shape index (κ3) is 4.01. The highest BCUT2D eigenvalue weighted by Gasteiger charge is 2.35. The summed E-state index contributed by atoms with van der Waals surface area (Å²) >= 11 is 6.38. The Hall–Kier alpha value is -2.10. The first kappa shape index (κ1) is 20.6. The van der Waals surface area contributed by atoms with Gasteiger partial charge in [0.15, 0.2) is 0 Å². The molecule has 5 N–H and O–H groups in total. The standard InChI is InChI=1S/C18H24ClF2N5O2/c1-25(23)16(17(20)21)12(22)9-28-13-5-4-11(19)10-6-7-24-18(15(10)13)26-8-2-3-14(26)27/h4-5,17-18,24H,2-3,6-9,22-23H2,1H3/b16-12-. The molecule has 1 unspecified atom stereocenters. The van der Waals surface area contributed by atoms with Gasteiger partial charge in [0.1, 0.15) is 24.2 Å². The SMILES string of the molecule is CN(N)/C(=C(\N)COc1ccc(Cl)c2c1C(N1CCCC1=O)NCC2)C(F)F. The van der Waals surface area contributed by atoms with Crippen LogP contribution in [0.25, 0.3) is 0 Å². The van der Waals surface area contributed by atoms with Crippen molar-refractivity contribution in [3.63, 3.8) is 0 Å². The molecule has 3 rings (SSSR count). The molecule has 154 valence electrons. The molecule has 0 aliphatic carbocycles. The second-order valence-electron chi connectivity index (χ2n) is 6.85. The summed E-state index contributed by atoms with van der Waals surface area (Å²) in [5.74, 6) is 5.95. The molecule has 1 aromatic rings. The first-order chi connectivity index (χ1) is 13.3. The van der Waals surface area contributed by atoms with Crippen LogP contribution >= 0.6 is 11.6 Å². The summed E-state index contributed by atoms with van der Waals surface area (Å²) in [4.78, 5) is 14.0. The Morgan fingerprint density at radius 3 is 2.82 bits per heavy atom. The van der Waals surface area contributed by atoms with E-state index in [9.17, 15) is 13.6 Å². The van der Waals surface area contributed by atoms with Crippen molar-refractivity contribution in [2.45, 2.75) is 31.9 Å². The second-order valence-corrected chi connectivity index (χ2v) is 7.25. The lowest BCUT2D eigenvalue weighted by molar-refractivity contribution is -0.130. The molecule has 1 atom stereocenters. The second kappa shape index (κ2) is 8.50. The largest absolute Gasteiger partial charge is 0.487 e. The number of rotatable bonds is 6. The quantitative estimate of drug-likeness (QED) is 0.483. The molecule has 1 saturated heterocycles. The van der Waals surface area contributed by atoms with Crippen LogP contribution in [0.1, 0.15) is 30.1 Å². The fourth-order valence-corrected chi connectivity index (χ4v) is 3.95. The zero-order chi connectivity index (χ0) is 20.4. The van der Waals surface area contributed by atoms with Crippen molar-refractivity contribution in [1.29, 1.82) is 0 Å². The van der Waals surface area contributed by atoms with Crippen LogP contribution in [-0.4, -0.2) is 49.0 Å². The highest BCUT2D eigenvalue weighted by atomic mass is 35.5. The highest BCUT2D eigenvalue weighted by molar-refractivity contribution is 6.31. The van der Waals surface area contributed by atoms with Gasteiger partial charge in [0, 0.05) is 37.1 Å². The number of benzene rings is 1. The summed E-state index contributed by atoms with van der Waals surface area (Å²) in [7, 11) is 1.29. The Morgan fingerprint density at radius 1 is 1.46 bits per heavy atom. The molecule has 1 aromatic carbocycles. The maximum atomic E-state index is 13.2. The predicted octanol–water partition coefficient (Wildman–Crippen LogP) is 1.73. The van der Waals surface area contributed by atoms with E-state index in [1.54, 1.807) is 17.0 Å². The highest BCUT2D eigenvalue weighted by Crippen LogP contribution is 2.39. The Balaban J connectivity index is 1.93. The van der Waals surface area contributed by atoms with Gasteiger partial charge in [0.25, 0.3) is 6.43 Å². The number of nitrogens with two attached hydrogens (primary N) is 2. The fourth-order valence-electron chi connectivity index (χ4n) is 3.69. The summed E-state index contributed by atoms with van der Waals surface area (Å²) in [5.41, 5.74) is 6.78. The summed E-state index contributed by atoms with van der Waals surface area (Å²) < 4.78 is 32.1. The third-order valence-corrected chi connectivity index (χ3v) is 5.32. The maximum Gasteiger partial charge on any atom is 0.281 e. The van der Waals surface area contributed by atoms with Crippen LogP contribution < -0.4 is 21.6 Å². The molecular formula is C18H24ClF2N5O2. The Kier molecular flexibility index (Phi) is 6.26. The van der Waals surface area contributed by atoms with Crippen molar-refractivity contribution in [3.8, 4) is 5.75 Å². The summed E-state index contributed by atoms with van der Waals surface area (Å²) in [6, 6.07) is 3.37. The molecule has 28 heavy (non-hydrogen) atoms. The number of ether oxygens (including phenoxy) is 1. The lowest BCUT2D eigenvalue weighted by atomic mass is 9.96. The molecule has 2 aliphatic rings. The van der Waals surface area contributed by atoms with Gasteiger partial charge >= 0.3 is 0 Å². The minimum Gasteiger partial charge on any atom is -0.487 e. The van der Waals surface area contributed by atoms with Crippen molar-refractivity contribution in [1.82, 2.24) is 15.2 Å². The number of hydrogen-bond donors (Lipinski definition) is 3. The van der Waals surface area contributed by atoms with E-state index in [1.807, 2.05) is 0 Å². The Bertz CT molecular complexity index is 777. The number of amides is 1. The molecule has 2 heterocycles. The van der Waals surface area contributed by atoms with E-state index in [0.717, 1.165) is 22.6 Å². The van der Waals surface area contributed by atoms with E-state index in [2.05, 4.69) is 5.32 Å². The van der Waals surface area contributed by atoms with Gasteiger partial charge < -0.3 is 20.4 Å². The number of nitrogens with zero attached hydrogens (tertiary/aromatic N) is 2. The first-order valence-electron chi connectivity index (χ1n) is 9.03. The van der Waals surface area contributed by atoms with Gasteiger partial charge in [0.2, 0.25) is 5.91 Å². The summed E-state index contributed by atoms with van der Waals surface area (Å²) in [5, 5.41) is 4.71. The van der Waals surface area contributed by atoms with Gasteiger partial charge in [-0.3, -0.25) is 10.1 Å². The van der Waals surface area contributed by atoms with Crippen LogP contribution in [0, 0.1) is 0 Å². The number of fused-ring (bicyclic) bond motifs is 1. The average Bonchev–Trinajstić information content (AvgIpc) is 3.06. The number of hydrazine groups is 1. The third-order valence-electron chi connectivity index (χ3n) is 4.97. The van der Waals surface area contributed by atoms with Gasteiger partial charge in [-0.15, -0.1) is 0 Å². The maximum absolute atomic E-state index is 13.2. The van der Waals surface area contributed by atoms with E-state index in [-0.39, 0.29) is 24.4 Å². The van der Waals surface area contributed by atoms with Gasteiger partial charge in [-0.25, -0.2) is 14.6 Å². The van der Waals surface area contributed by atoms with Crippen LogP contribution in [0.2, 0.25) is 5.02 Å². The summed E-state index contributed by atoms with van der Waals surface area (Å²) in [6.45, 7) is 1.04. The Morgan fingerprint density at radius 2 is 2.21 bits per heavy atom. The van der Waals surface area contributed by atoms with Crippen LogP contribution in [-0.2, 0) is 11.2 Å². The number of allylic oxidation sites excluding steroid dienone is 1. The molecule has 0 saturated carbocycles. The lowest BCUT2D eigenvalue weighted by Crippen LogP contribution is -2.43. The zero-order valence-corrected chi connectivity index (χ0v) is 16.3. The normalized spacial score (nSPS) is 20.3. The number of carbonyl (C=O) groups is 1. The molecule has 7 nitrogen and oxygen atoms in total. The summed E-state index contributed by atoms with van der Waals surface area (Å²) in [6.07, 6.45) is -1.23. The van der Waals surface area contributed by atoms with Gasteiger partial charge in [0.05, 0.1) is 5.70 Å². The van der Waals surface area contributed by atoms with Crippen molar-refractivity contribution < 1.29 is 18.3 Å². The van der Waals surface area contributed by atoms with Crippen molar-refractivity contribution in [2.75, 3.05) is 26.7 Å². The number of halogens is 3. The number of likely N-dealkylation sites (tertiary alicyclic amines) is 1. The molecule has 0 aromatic heterocycles. The van der Waals surface area contributed by atoms with Crippen molar-refractivity contribution in [2.24, 2.45) is 11.6 Å². The molecular weight excluding hydrogens is 392 g/mol. The van der Waals surface area contributed by atoms with E-state index < -0.39 is 12.1 Å². The first-order valence-corrected chi connectivity index (χ1v) is 9.41. The lowest BCUT2D eigenvalue weighted by Gasteiger charge is -2.35. The molecule has 0 spiro atoms. The number of hydrogen-bond acceptors (Lipinski definition) is 6. The van der Waals surface area contributed by atoms with Gasteiger partial charge in [-0.05, 0) is 30.5 Å². The van der Waals surface area contributed by atoms with Crippen molar-refractivity contribution >= 4 is 17.5 Å². The van der Waals surface area contributed by atoms with Gasteiger partial charge in [-0.2, -0.15) is 0 Å². The van der Waals surface area contributed by atoms with E-state index in [1.165, 1.54) is 7.05 Å². The zero-order valence-electron chi connectivity index (χ0n) is 15.6. The molecule has 10 heteroatoms. The van der Waals surface area contributed by atoms with Crippen LogP contribution in [0.4, 0.5) is 8.78 Å². The predicted molar refractivity (Wildman–Crippen MR) is 102 cm³/mol. The number of nitrogens with one attached hydrogen (secondary N) is 1. The molecule has 0 bridgehead atoms. The van der Waals surface area contributed by atoms with E-state index in [0.29, 0.717) is 36.7 Å². The monoisotopic (exact) mass is 415 g/mol. The smallest absolute Gasteiger partial charge is 0.281 e. The average molecular weight is 416 g/mol. The van der Waals surface area contributed by atoms with Gasteiger partial charge in [-0.1, -0.05) is 11.6 Å². The molecule has 1 amide bonds. The van der Waals surface area contributed by atoms with Crippen LogP contribution in [0.3, 0.4) is 0 Å². The molecule has 1 fully saturated rings. The van der Waals surface area contributed by atoms with E-state index >= 15 is 0 Å². The number of alkyl halides is 2. The van der Waals surface area contributed by atoms with E-state index in [4.69, 9.17) is 27.9 Å². The minimum absolute atomic E-state index is 0.0560. The van der Waals surface area contributed by atoms with Crippen LogP contribution in [0.5, 0.6) is 5.75 Å². The fraction of sp³-hybridized carbons (Fsp3) is 0.500. The Labute approximate surface area is 167 Å².